The van der Waals surface area contributed by atoms with Gasteiger partial charge in [-0.2, -0.15) is 5.10 Å². The number of rotatable bonds is 2. The second-order valence-electron chi connectivity index (χ2n) is 6.14. The monoisotopic (exact) mass is 305 g/mol. The maximum atomic E-state index is 4.69. The van der Waals surface area contributed by atoms with Crippen molar-refractivity contribution in [1.82, 2.24) is 19.7 Å². The largest absolute Gasteiger partial charge is 0.360 e. The lowest BCUT2D eigenvalue weighted by atomic mass is 10.2. The normalized spacial score (nSPS) is 17.7. The van der Waals surface area contributed by atoms with E-state index in [0.29, 0.717) is 6.04 Å². The summed E-state index contributed by atoms with van der Waals surface area (Å²) < 4.78 is 2.09. The molecule has 6 heteroatoms. The molecule has 2 aliphatic rings. The fourth-order valence-electron chi connectivity index (χ4n) is 3.58. The molecule has 0 saturated heterocycles. The van der Waals surface area contributed by atoms with E-state index in [2.05, 4.69) is 48.3 Å². The van der Waals surface area contributed by atoms with Crippen molar-refractivity contribution in [3.05, 3.63) is 43.5 Å². The van der Waals surface area contributed by atoms with Gasteiger partial charge in [0, 0.05) is 6.20 Å². The van der Waals surface area contributed by atoms with E-state index >= 15 is 0 Å². The van der Waals surface area contributed by atoms with Crippen molar-refractivity contribution < 1.29 is 0 Å². The van der Waals surface area contributed by atoms with Crippen LogP contribution in [0.25, 0.3) is 11.0 Å². The quantitative estimate of drug-likeness (QED) is 0.783. The van der Waals surface area contributed by atoms with E-state index in [-0.39, 0.29) is 0 Å². The molecule has 0 atom stereocenters. The minimum atomic E-state index is 0.505. The van der Waals surface area contributed by atoms with Crippen LogP contribution in [0.1, 0.15) is 31.7 Å². The molecule has 23 heavy (non-hydrogen) atoms. The Balaban J connectivity index is 1.62. The molecule has 0 bridgehead atoms. The van der Waals surface area contributed by atoms with Crippen LogP contribution >= 0.6 is 0 Å². The van der Waals surface area contributed by atoms with E-state index in [1.165, 1.54) is 25.7 Å². The number of nitrogens with zero attached hydrogens (tertiary/aromatic N) is 5. The van der Waals surface area contributed by atoms with Crippen molar-refractivity contribution in [1.29, 1.82) is 0 Å². The molecular weight excluding hydrogens is 288 g/mol. The van der Waals surface area contributed by atoms with Gasteiger partial charge in [0.05, 0.1) is 22.8 Å². The fourth-order valence-corrected chi connectivity index (χ4v) is 3.58. The van der Waals surface area contributed by atoms with E-state index < -0.39 is 0 Å². The predicted molar refractivity (Wildman–Crippen MR) is 89.3 cm³/mol. The van der Waals surface area contributed by atoms with Gasteiger partial charge in [-0.25, -0.2) is 9.97 Å². The highest BCUT2D eigenvalue weighted by atomic mass is 15.3. The lowest BCUT2D eigenvalue weighted by Crippen LogP contribution is -2.12. The topological polar surface area (TPSA) is 58.9 Å². The van der Waals surface area contributed by atoms with E-state index in [9.17, 15) is 0 Å². The molecule has 1 radical (unpaired) electrons. The van der Waals surface area contributed by atoms with E-state index in [1.54, 1.807) is 6.33 Å². The predicted octanol–water partition coefficient (Wildman–Crippen LogP) is 3.62. The van der Waals surface area contributed by atoms with E-state index in [0.717, 1.165) is 28.2 Å². The maximum absolute atomic E-state index is 4.69. The molecule has 0 amide bonds. The number of fused-ring (bicyclic) bond motifs is 2. The molecule has 1 N–H and O–H groups in total. The van der Waals surface area contributed by atoms with Gasteiger partial charge in [0.25, 0.3) is 0 Å². The first-order valence-corrected chi connectivity index (χ1v) is 8.08. The van der Waals surface area contributed by atoms with Gasteiger partial charge < -0.3 is 5.32 Å². The van der Waals surface area contributed by atoms with Crippen molar-refractivity contribution in [2.45, 2.75) is 31.7 Å². The first-order valence-electron chi connectivity index (χ1n) is 8.08. The Labute approximate surface area is 134 Å². The minimum Gasteiger partial charge on any atom is -0.360 e. The molecule has 1 aliphatic heterocycles. The summed E-state index contributed by atoms with van der Waals surface area (Å²) in [4.78, 5) is 10.9. The Morgan fingerprint density at radius 2 is 1.96 bits per heavy atom. The molecule has 1 fully saturated rings. The van der Waals surface area contributed by atoms with Gasteiger partial charge in [0.15, 0.2) is 5.65 Å². The third kappa shape index (κ3) is 1.98. The van der Waals surface area contributed by atoms with Crippen LogP contribution in [0.2, 0.25) is 0 Å². The summed E-state index contributed by atoms with van der Waals surface area (Å²) in [5, 5.41) is 8.97. The van der Waals surface area contributed by atoms with Crippen molar-refractivity contribution in [3.63, 3.8) is 0 Å². The molecule has 3 heterocycles. The van der Waals surface area contributed by atoms with E-state index in [1.807, 2.05) is 18.8 Å². The molecular formula is C17H17N6. The third-order valence-corrected chi connectivity index (χ3v) is 4.75. The van der Waals surface area contributed by atoms with Crippen LogP contribution < -0.4 is 10.2 Å². The van der Waals surface area contributed by atoms with Crippen molar-refractivity contribution in [2.75, 3.05) is 10.2 Å². The smallest absolute Gasteiger partial charge is 0.186 e. The van der Waals surface area contributed by atoms with Crippen LogP contribution in [0, 0.1) is 6.67 Å². The number of hydrogen-bond acceptors (Lipinski definition) is 5. The Morgan fingerprint density at radius 1 is 1.09 bits per heavy atom. The van der Waals surface area contributed by atoms with Crippen LogP contribution in [-0.2, 0) is 0 Å². The van der Waals surface area contributed by atoms with Crippen molar-refractivity contribution in [2.24, 2.45) is 0 Å². The molecule has 0 spiro atoms. The van der Waals surface area contributed by atoms with Gasteiger partial charge in [0.1, 0.15) is 18.8 Å². The first kappa shape index (κ1) is 12.9. The number of aromatic nitrogens is 4. The van der Waals surface area contributed by atoms with Crippen LogP contribution in [0.4, 0.5) is 17.2 Å². The summed E-state index contributed by atoms with van der Waals surface area (Å²) in [5.41, 5.74) is 2.95. The van der Waals surface area contributed by atoms with Gasteiger partial charge in [-0.1, -0.05) is 25.0 Å². The number of anilines is 3. The van der Waals surface area contributed by atoms with Crippen LogP contribution in [-0.4, -0.2) is 19.7 Å². The number of nitrogens with one attached hydrogen (secondary N) is 1. The lowest BCUT2D eigenvalue weighted by Gasteiger charge is -2.16. The Bertz CT molecular complexity index is 864. The fraction of sp³-hybridized carbons (Fsp3) is 0.294. The molecule has 5 rings (SSSR count). The first-order chi connectivity index (χ1) is 11.4. The highest BCUT2D eigenvalue weighted by Crippen LogP contribution is 2.40. The maximum Gasteiger partial charge on any atom is 0.186 e. The van der Waals surface area contributed by atoms with Crippen LogP contribution in [0.3, 0.4) is 0 Å². The highest BCUT2D eigenvalue weighted by Gasteiger charge is 2.25. The molecule has 115 valence electrons. The molecule has 1 saturated carbocycles. The average Bonchev–Trinajstić information content (AvgIpc) is 3.32. The summed E-state index contributed by atoms with van der Waals surface area (Å²) in [6.07, 6.45) is 8.69. The standard InChI is InChI=1S/C17H17N6/c1-2-6-12(5-1)23-9-13-16(21-23)18-10-19-17(13)22-11-20-14-7-3-4-8-15(14)22/h3-4,7-12,20H,1-2,5-6H2. The zero-order chi connectivity index (χ0) is 15.2. The molecule has 6 nitrogen and oxygen atoms in total. The molecule has 0 unspecified atom stereocenters. The minimum absolute atomic E-state index is 0.505. The van der Waals surface area contributed by atoms with Gasteiger partial charge in [-0.3, -0.25) is 9.58 Å². The third-order valence-electron chi connectivity index (χ3n) is 4.75. The number of hydrogen-bond donors (Lipinski definition) is 1. The molecule has 2 aromatic heterocycles. The van der Waals surface area contributed by atoms with Crippen LogP contribution in [0.15, 0.2) is 36.8 Å². The summed E-state index contributed by atoms with van der Waals surface area (Å²) in [7, 11) is 0. The summed E-state index contributed by atoms with van der Waals surface area (Å²) >= 11 is 0. The lowest BCUT2D eigenvalue weighted by molar-refractivity contribution is 0.470. The average molecular weight is 305 g/mol. The number of para-hydroxylation sites is 2. The van der Waals surface area contributed by atoms with Crippen molar-refractivity contribution in [3.8, 4) is 0 Å². The summed E-state index contributed by atoms with van der Waals surface area (Å²) in [6, 6.07) is 8.71. The zero-order valence-electron chi connectivity index (χ0n) is 12.7. The summed E-state index contributed by atoms with van der Waals surface area (Å²) in [6.45, 7) is 1.94. The van der Waals surface area contributed by atoms with Crippen molar-refractivity contribution >= 4 is 28.2 Å². The second kappa shape index (κ2) is 4.94. The Kier molecular flexibility index (Phi) is 2.76. The van der Waals surface area contributed by atoms with Gasteiger partial charge >= 0.3 is 0 Å². The highest BCUT2D eigenvalue weighted by molar-refractivity contribution is 5.93. The second-order valence-corrected chi connectivity index (χ2v) is 6.14. The molecule has 1 aliphatic carbocycles. The Hall–Kier alpha value is -2.63. The van der Waals surface area contributed by atoms with Gasteiger partial charge in [0.2, 0.25) is 0 Å². The number of benzene rings is 1. The zero-order valence-corrected chi connectivity index (χ0v) is 12.7. The van der Waals surface area contributed by atoms with Gasteiger partial charge in [-0.05, 0) is 25.0 Å². The van der Waals surface area contributed by atoms with Gasteiger partial charge in [-0.15, -0.1) is 0 Å². The summed E-state index contributed by atoms with van der Waals surface area (Å²) in [5.74, 6) is 0.872. The van der Waals surface area contributed by atoms with Crippen LogP contribution in [0.5, 0.6) is 0 Å². The molecule has 1 aromatic carbocycles. The van der Waals surface area contributed by atoms with E-state index in [4.69, 9.17) is 0 Å². The Morgan fingerprint density at radius 3 is 2.87 bits per heavy atom. The molecule has 3 aromatic rings. The SMILES string of the molecule is [CH]1Nc2ccccc2N1c1ncnc2nn(C3CCCC3)cc12.